The van der Waals surface area contributed by atoms with E-state index < -0.39 is 0 Å². The summed E-state index contributed by atoms with van der Waals surface area (Å²) in [7, 11) is 1.58. The van der Waals surface area contributed by atoms with E-state index in [9.17, 15) is 4.79 Å². The lowest BCUT2D eigenvalue weighted by Gasteiger charge is -2.39. The molecule has 2 aromatic rings. The number of ether oxygens (including phenoxy) is 1. The number of benzene rings is 1. The number of carbonyl (C=O) groups is 1. The van der Waals surface area contributed by atoms with Crippen molar-refractivity contribution in [2.45, 2.75) is 70.0 Å². The van der Waals surface area contributed by atoms with Crippen molar-refractivity contribution in [2.75, 3.05) is 7.11 Å². The molecule has 0 radical (unpaired) electrons. The molecule has 0 N–H and O–H groups in total. The molecule has 3 heterocycles. The Kier molecular flexibility index (Phi) is 4.86. The van der Waals surface area contributed by atoms with Crippen molar-refractivity contribution in [3.63, 3.8) is 0 Å². The average Bonchev–Trinajstić information content (AvgIpc) is 3.24. The van der Waals surface area contributed by atoms with Crippen molar-refractivity contribution in [2.24, 2.45) is 0 Å². The Morgan fingerprint density at radius 3 is 2.43 bits per heavy atom. The predicted molar refractivity (Wildman–Crippen MR) is 108 cm³/mol. The zero-order chi connectivity index (χ0) is 20.1. The minimum Gasteiger partial charge on any atom is -0.496 e. The van der Waals surface area contributed by atoms with E-state index in [0.29, 0.717) is 16.3 Å². The molecule has 1 aromatic carbocycles. The van der Waals surface area contributed by atoms with Gasteiger partial charge in [-0.05, 0) is 43.9 Å². The monoisotopic (exact) mass is 402 g/mol. The Morgan fingerprint density at radius 1 is 1.18 bits per heavy atom. The van der Waals surface area contributed by atoms with Gasteiger partial charge in [-0.15, -0.1) is 5.10 Å². The van der Waals surface area contributed by atoms with Crippen molar-refractivity contribution in [1.82, 2.24) is 19.9 Å². The number of piperidine rings is 1. The minimum atomic E-state index is -0.0168. The highest BCUT2D eigenvalue weighted by molar-refractivity contribution is 6.31. The standard InChI is InChI=1S/C21H27ClN4O2/c1-21(2,3)19-12-25(24-23-19)16-10-14-6-7-15(11-16)26(14)20(27)17-9-13(22)5-8-18(17)28-4/h5,8-9,12,14-16H,6-7,10-11H2,1-4H3. The zero-order valence-electron chi connectivity index (χ0n) is 16.9. The SMILES string of the molecule is COc1ccc(Cl)cc1C(=O)N1C2CCC1CC(n1cc(C(C)(C)C)nn1)C2. The first-order valence-corrected chi connectivity index (χ1v) is 10.2. The lowest BCUT2D eigenvalue weighted by atomic mass is 9.92. The van der Waals surface area contributed by atoms with Crippen LogP contribution in [-0.2, 0) is 5.41 Å². The van der Waals surface area contributed by atoms with Crippen LogP contribution in [0, 0.1) is 0 Å². The van der Waals surface area contributed by atoms with Gasteiger partial charge in [0.15, 0.2) is 0 Å². The predicted octanol–water partition coefficient (Wildman–Crippen LogP) is 4.25. The Balaban J connectivity index is 1.55. The molecule has 2 saturated heterocycles. The number of hydrogen-bond donors (Lipinski definition) is 0. The van der Waals surface area contributed by atoms with Crippen LogP contribution in [0.2, 0.25) is 5.02 Å². The van der Waals surface area contributed by atoms with Gasteiger partial charge < -0.3 is 9.64 Å². The third-order valence-corrected chi connectivity index (χ3v) is 6.22. The van der Waals surface area contributed by atoms with Gasteiger partial charge in [0.05, 0.1) is 24.4 Å². The summed E-state index contributed by atoms with van der Waals surface area (Å²) in [6, 6.07) is 5.92. The quantitative estimate of drug-likeness (QED) is 0.770. The number of amides is 1. The minimum absolute atomic E-state index is 0.0132. The smallest absolute Gasteiger partial charge is 0.258 e. The molecule has 28 heavy (non-hydrogen) atoms. The summed E-state index contributed by atoms with van der Waals surface area (Å²) < 4.78 is 7.41. The maximum atomic E-state index is 13.3. The van der Waals surface area contributed by atoms with Crippen LogP contribution in [0.25, 0.3) is 0 Å². The molecule has 1 amide bonds. The fraction of sp³-hybridized carbons (Fsp3) is 0.571. The van der Waals surface area contributed by atoms with Crippen LogP contribution in [0.3, 0.4) is 0 Å². The molecule has 2 atom stereocenters. The Bertz CT molecular complexity index is 875. The van der Waals surface area contributed by atoms with Crippen LogP contribution in [0.1, 0.15) is 68.5 Å². The summed E-state index contributed by atoms with van der Waals surface area (Å²) in [4.78, 5) is 15.4. The largest absolute Gasteiger partial charge is 0.496 e. The van der Waals surface area contributed by atoms with E-state index in [2.05, 4.69) is 37.3 Å². The first-order valence-electron chi connectivity index (χ1n) is 9.86. The van der Waals surface area contributed by atoms with Crippen LogP contribution in [0.4, 0.5) is 0 Å². The fourth-order valence-electron chi connectivity index (χ4n) is 4.48. The zero-order valence-corrected chi connectivity index (χ0v) is 17.6. The third kappa shape index (κ3) is 3.39. The maximum Gasteiger partial charge on any atom is 0.258 e. The first-order chi connectivity index (χ1) is 13.3. The topological polar surface area (TPSA) is 60.2 Å². The lowest BCUT2D eigenvalue weighted by Crippen LogP contribution is -2.47. The molecule has 2 fully saturated rings. The second-order valence-electron chi connectivity index (χ2n) is 8.90. The van der Waals surface area contributed by atoms with E-state index in [1.807, 2.05) is 9.58 Å². The van der Waals surface area contributed by atoms with E-state index in [0.717, 1.165) is 31.4 Å². The normalized spacial score (nSPS) is 24.5. The van der Waals surface area contributed by atoms with Crippen LogP contribution in [-0.4, -0.2) is 45.0 Å². The van der Waals surface area contributed by atoms with Crippen LogP contribution in [0.5, 0.6) is 5.75 Å². The maximum absolute atomic E-state index is 13.3. The molecule has 2 aliphatic rings. The summed E-state index contributed by atoms with van der Waals surface area (Å²) in [5.74, 6) is 0.585. The fourth-order valence-corrected chi connectivity index (χ4v) is 4.65. The number of hydrogen-bond acceptors (Lipinski definition) is 4. The highest BCUT2D eigenvalue weighted by Gasteiger charge is 2.44. The van der Waals surface area contributed by atoms with Crippen molar-refractivity contribution in [3.8, 4) is 5.75 Å². The molecule has 0 saturated carbocycles. The number of halogens is 1. The van der Waals surface area contributed by atoms with E-state index in [1.165, 1.54) is 0 Å². The summed E-state index contributed by atoms with van der Waals surface area (Å²) in [5, 5.41) is 9.31. The molecule has 4 rings (SSSR count). The lowest BCUT2D eigenvalue weighted by molar-refractivity contribution is 0.0519. The van der Waals surface area contributed by atoms with Gasteiger partial charge in [0.2, 0.25) is 0 Å². The molecule has 150 valence electrons. The highest BCUT2D eigenvalue weighted by atomic mass is 35.5. The Morgan fingerprint density at radius 2 is 1.86 bits per heavy atom. The van der Waals surface area contributed by atoms with Crippen molar-refractivity contribution in [1.29, 1.82) is 0 Å². The number of fused-ring (bicyclic) bond motifs is 2. The summed E-state index contributed by atoms with van der Waals surface area (Å²) in [5.41, 5.74) is 1.53. The van der Waals surface area contributed by atoms with Gasteiger partial charge in [0.1, 0.15) is 5.75 Å². The Hall–Kier alpha value is -2.08. The molecule has 2 unspecified atom stereocenters. The van der Waals surface area contributed by atoms with E-state index >= 15 is 0 Å². The van der Waals surface area contributed by atoms with Gasteiger partial charge in [-0.3, -0.25) is 4.79 Å². The molecular weight excluding hydrogens is 376 g/mol. The number of carbonyl (C=O) groups excluding carboxylic acids is 1. The van der Waals surface area contributed by atoms with Gasteiger partial charge >= 0.3 is 0 Å². The summed E-state index contributed by atoms with van der Waals surface area (Å²) in [6.45, 7) is 6.43. The second kappa shape index (κ2) is 7.07. The highest BCUT2D eigenvalue weighted by Crippen LogP contribution is 2.42. The number of rotatable bonds is 3. The number of aromatic nitrogens is 3. The van der Waals surface area contributed by atoms with Gasteiger partial charge in [0.25, 0.3) is 5.91 Å². The van der Waals surface area contributed by atoms with Gasteiger partial charge in [-0.25, -0.2) is 4.68 Å². The molecule has 2 aliphatic heterocycles. The van der Waals surface area contributed by atoms with Crippen molar-refractivity contribution in [3.05, 3.63) is 40.7 Å². The van der Waals surface area contributed by atoms with E-state index in [1.54, 1.807) is 25.3 Å². The van der Waals surface area contributed by atoms with Crippen molar-refractivity contribution >= 4 is 17.5 Å². The molecular formula is C21H27ClN4O2. The van der Waals surface area contributed by atoms with Crippen LogP contribution in [0.15, 0.2) is 24.4 Å². The third-order valence-electron chi connectivity index (χ3n) is 5.99. The summed E-state index contributed by atoms with van der Waals surface area (Å²) in [6.07, 6.45) is 5.92. The van der Waals surface area contributed by atoms with Gasteiger partial charge in [-0.1, -0.05) is 37.6 Å². The number of nitrogens with zero attached hydrogens (tertiary/aromatic N) is 4. The first kappa shape index (κ1) is 19.2. The second-order valence-corrected chi connectivity index (χ2v) is 9.34. The van der Waals surface area contributed by atoms with Crippen LogP contribution >= 0.6 is 11.6 Å². The van der Waals surface area contributed by atoms with Crippen molar-refractivity contribution < 1.29 is 9.53 Å². The molecule has 2 bridgehead atoms. The average molecular weight is 403 g/mol. The molecule has 1 aromatic heterocycles. The molecule has 6 nitrogen and oxygen atoms in total. The molecule has 7 heteroatoms. The number of methoxy groups -OCH3 is 1. The molecule has 0 aliphatic carbocycles. The van der Waals surface area contributed by atoms with Gasteiger partial charge in [-0.2, -0.15) is 0 Å². The van der Waals surface area contributed by atoms with E-state index in [-0.39, 0.29) is 29.4 Å². The van der Waals surface area contributed by atoms with Gasteiger partial charge in [0, 0.05) is 28.7 Å². The Labute approximate surface area is 170 Å². The van der Waals surface area contributed by atoms with E-state index in [4.69, 9.17) is 16.3 Å². The summed E-state index contributed by atoms with van der Waals surface area (Å²) >= 11 is 6.14. The van der Waals surface area contributed by atoms with Crippen LogP contribution < -0.4 is 4.74 Å². The molecule has 0 spiro atoms.